The molecule has 0 N–H and O–H groups in total. The maximum Gasteiger partial charge on any atom is 0.143 e. The summed E-state index contributed by atoms with van der Waals surface area (Å²) in [4.78, 5) is 0. The van der Waals surface area contributed by atoms with Crippen LogP contribution < -0.4 is 10.4 Å². The minimum Gasteiger partial charge on any atom is -0.456 e. The van der Waals surface area contributed by atoms with Crippen molar-refractivity contribution in [1.29, 1.82) is 0 Å². The summed E-state index contributed by atoms with van der Waals surface area (Å²) in [6, 6.07) is 56.7. The van der Waals surface area contributed by atoms with Gasteiger partial charge in [-0.25, -0.2) is 0 Å². The summed E-state index contributed by atoms with van der Waals surface area (Å²) < 4.78 is 12.5. The van der Waals surface area contributed by atoms with Crippen LogP contribution in [0.3, 0.4) is 0 Å². The lowest BCUT2D eigenvalue weighted by molar-refractivity contribution is 0.669. The molecule has 2 aliphatic rings. The van der Waals surface area contributed by atoms with Crippen molar-refractivity contribution < 1.29 is 8.83 Å². The van der Waals surface area contributed by atoms with E-state index in [0.29, 0.717) is 0 Å². The minimum atomic E-state index is 0.203. The highest BCUT2D eigenvalue weighted by atomic mass is 16.3. The maximum atomic E-state index is 6.40. The van der Waals surface area contributed by atoms with Gasteiger partial charge in [-0.2, -0.15) is 0 Å². The fraction of sp³-hybridized carbons (Fsp3) is 0.0400. The first kappa shape index (κ1) is 29.1. The summed E-state index contributed by atoms with van der Waals surface area (Å²) in [6.45, 7) is 0. The van der Waals surface area contributed by atoms with Crippen LogP contribution in [0.4, 0.5) is 0 Å². The van der Waals surface area contributed by atoms with E-state index in [-0.39, 0.29) is 11.8 Å². The van der Waals surface area contributed by atoms with Crippen molar-refractivity contribution in [2.24, 2.45) is 11.8 Å². The molecule has 2 unspecified atom stereocenters. The summed E-state index contributed by atoms with van der Waals surface area (Å²) in [5.74, 6) is 0.409. The first-order valence-corrected chi connectivity index (χ1v) is 18.0. The fourth-order valence-electron chi connectivity index (χ4n) is 8.74. The van der Waals surface area contributed by atoms with Gasteiger partial charge in [-0.1, -0.05) is 152 Å². The number of hydrogen-bond donors (Lipinski definition) is 0. The van der Waals surface area contributed by atoms with Crippen molar-refractivity contribution in [3.63, 3.8) is 0 Å². The minimum absolute atomic E-state index is 0.203. The first-order chi connectivity index (χ1) is 25.8. The monoisotopic (exact) mass is 664 g/mol. The van der Waals surface area contributed by atoms with Gasteiger partial charge in [0.2, 0.25) is 0 Å². The maximum absolute atomic E-state index is 6.40. The SMILES string of the molecule is C1=CC2C(c3ccc(-c4cccc5c4oc4ccccc45)cc3)=c3ccccc3=C(c3cccc(-c4ccc5oc6ccccc6c5c4)c3)C2C=C1. The Bertz CT molecular complexity index is 3080. The van der Waals surface area contributed by atoms with Crippen molar-refractivity contribution in [1.82, 2.24) is 0 Å². The third-order valence-electron chi connectivity index (χ3n) is 11.1. The van der Waals surface area contributed by atoms with E-state index in [2.05, 4.69) is 158 Å². The quantitative estimate of drug-likeness (QED) is 0.187. The van der Waals surface area contributed by atoms with Gasteiger partial charge in [-0.3, -0.25) is 0 Å². The zero-order valence-electron chi connectivity index (χ0n) is 28.3. The van der Waals surface area contributed by atoms with Crippen molar-refractivity contribution in [3.05, 3.63) is 204 Å². The van der Waals surface area contributed by atoms with Crippen LogP contribution in [-0.4, -0.2) is 0 Å². The van der Waals surface area contributed by atoms with Crippen LogP contribution in [0.25, 0.3) is 77.3 Å². The van der Waals surface area contributed by atoms with Gasteiger partial charge in [0.1, 0.15) is 22.3 Å². The molecule has 2 aliphatic carbocycles. The zero-order chi connectivity index (χ0) is 34.2. The molecule has 2 atom stereocenters. The van der Waals surface area contributed by atoms with Crippen LogP contribution >= 0.6 is 0 Å². The largest absolute Gasteiger partial charge is 0.456 e. The summed E-state index contributed by atoms with van der Waals surface area (Å²) in [5.41, 5.74) is 13.6. The van der Waals surface area contributed by atoms with Gasteiger partial charge >= 0.3 is 0 Å². The van der Waals surface area contributed by atoms with Crippen molar-refractivity contribution in [2.45, 2.75) is 0 Å². The Balaban J connectivity index is 1.06. The van der Waals surface area contributed by atoms with Crippen molar-refractivity contribution in [2.75, 3.05) is 0 Å². The predicted molar refractivity (Wildman–Crippen MR) is 214 cm³/mol. The van der Waals surface area contributed by atoms with Gasteiger partial charge in [0.15, 0.2) is 0 Å². The van der Waals surface area contributed by atoms with Crippen LogP contribution in [0, 0.1) is 11.8 Å². The number of fused-ring (bicyclic) bond motifs is 8. The van der Waals surface area contributed by atoms with Crippen LogP contribution in [0.1, 0.15) is 11.1 Å². The number of rotatable bonds is 4. The Morgan fingerprint density at radius 2 is 0.885 bits per heavy atom. The lowest BCUT2D eigenvalue weighted by atomic mass is 9.70. The van der Waals surface area contributed by atoms with Gasteiger partial charge in [-0.05, 0) is 79.7 Å². The molecule has 7 aromatic carbocycles. The van der Waals surface area contributed by atoms with Crippen molar-refractivity contribution >= 4 is 55.0 Å². The summed E-state index contributed by atoms with van der Waals surface area (Å²) in [6.07, 6.45) is 9.21. The van der Waals surface area contributed by atoms with E-state index in [1.54, 1.807) is 0 Å². The molecule has 2 heteroatoms. The molecule has 9 aromatic rings. The van der Waals surface area contributed by atoms with E-state index >= 15 is 0 Å². The third kappa shape index (κ3) is 4.44. The molecule has 52 heavy (non-hydrogen) atoms. The number of hydrogen-bond acceptors (Lipinski definition) is 2. The fourth-order valence-corrected chi connectivity index (χ4v) is 8.74. The lowest BCUT2D eigenvalue weighted by Gasteiger charge is -2.33. The first-order valence-electron chi connectivity index (χ1n) is 18.0. The Hall–Kier alpha value is -6.64. The molecule has 0 spiro atoms. The molecule has 0 bridgehead atoms. The molecule has 2 aromatic heterocycles. The number of benzene rings is 7. The second-order valence-electron chi connectivity index (χ2n) is 13.9. The third-order valence-corrected chi connectivity index (χ3v) is 11.1. The van der Waals surface area contributed by atoms with Crippen LogP contribution in [0.5, 0.6) is 0 Å². The molecular weight excluding hydrogens is 633 g/mol. The lowest BCUT2D eigenvalue weighted by Crippen LogP contribution is -2.40. The van der Waals surface area contributed by atoms with Gasteiger partial charge in [0, 0.05) is 38.9 Å². The summed E-state index contributed by atoms with van der Waals surface area (Å²) in [7, 11) is 0. The van der Waals surface area contributed by atoms with E-state index in [4.69, 9.17) is 8.83 Å². The molecule has 0 radical (unpaired) electrons. The van der Waals surface area contributed by atoms with E-state index in [1.165, 1.54) is 43.8 Å². The normalized spacial score (nSPS) is 16.6. The molecule has 0 aliphatic heterocycles. The molecular formula is C50H32O2. The number of furan rings is 2. The van der Waals surface area contributed by atoms with Crippen LogP contribution in [-0.2, 0) is 0 Å². The standard InChI is InChI=1S/C50H32O2/c1-3-17-41-39(15-1)48(32-25-23-31(24-26-32)36-19-10-20-43-37-13-5-8-22-46(37)52-50(36)43)40-16-2-4-18-42(40)49(41)35-12-9-11-33(29-35)34-27-28-47-44(30-34)38-14-6-7-21-45(38)51-47/h1-30,39,41H. The predicted octanol–water partition coefficient (Wildman–Crippen LogP) is 11.6. The average Bonchev–Trinajstić information content (AvgIpc) is 3.78. The Morgan fingerprint density at radius 3 is 1.65 bits per heavy atom. The second kappa shape index (κ2) is 11.4. The smallest absolute Gasteiger partial charge is 0.143 e. The van der Waals surface area contributed by atoms with Gasteiger partial charge in [0.05, 0.1) is 0 Å². The Morgan fingerprint density at radius 1 is 0.346 bits per heavy atom. The molecule has 0 fully saturated rings. The molecule has 244 valence electrons. The van der Waals surface area contributed by atoms with E-state index in [1.807, 2.05) is 24.3 Å². The Labute approximate surface area is 300 Å². The summed E-state index contributed by atoms with van der Waals surface area (Å²) in [5, 5.41) is 7.19. The molecule has 0 saturated carbocycles. The van der Waals surface area contributed by atoms with E-state index in [9.17, 15) is 0 Å². The van der Waals surface area contributed by atoms with Gasteiger partial charge in [-0.15, -0.1) is 0 Å². The van der Waals surface area contributed by atoms with E-state index < -0.39 is 0 Å². The molecule has 0 amide bonds. The topological polar surface area (TPSA) is 26.3 Å². The Kier molecular flexibility index (Phi) is 6.41. The summed E-state index contributed by atoms with van der Waals surface area (Å²) >= 11 is 0. The number of para-hydroxylation sites is 3. The highest BCUT2D eigenvalue weighted by molar-refractivity contribution is 6.09. The average molecular weight is 665 g/mol. The van der Waals surface area contributed by atoms with Gasteiger partial charge < -0.3 is 8.83 Å². The van der Waals surface area contributed by atoms with Gasteiger partial charge in [0.25, 0.3) is 0 Å². The van der Waals surface area contributed by atoms with E-state index in [0.717, 1.165) is 55.0 Å². The van der Waals surface area contributed by atoms with Crippen molar-refractivity contribution in [3.8, 4) is 22.3 Å². The number of allylic oxidation sites excluding steroid dienone is 4. The van der Waals surface area contributed by atoms with Crippen LogP contribution in [0.15, 0.2) is 191 Å². The molecule has 2 heterocycles. The second-order valence-corrected chi connectivity index (χ2v) is 13.9. The highest BCUT2D eigenvalue weighted by Crippen LogP contribution is 2.42. The molecule has 2 nitrogen and oxygen atoms in total. The van der Waals surface area contributed by atoms with Crippen LogP contribution in [0.2, 0.25) is 0 Å². The zero-order valence-corrected chi connectivity index (χ0v) is 28.3. The molecule has 11 rings (SSSR count). The highest BCUT2D eigenvalue weighted by Gasteiger charge is 2.32. The molecule has 0 saturated heterocycles.